The highest BCUT2D eigenvalue weighted by molar-refractivity contribution is 6.58. The molecular weight excluding hydrogens is 490 g/mol. The van der Waals surface area contributed by atoms with Crippen LogP contribution in [0.4, 0.5) is 24.5 Å². The van der Waals surface area contributed by atoms with Crippen molar-refractivity contribution >= 4 is 58.0 Å². The number of hydrogen-bond donors (Lipinski definition) is 1. The minimum atomic E-state index is -4.61. The SMILES string of the molecule is O=C1C(Cl)=C(Cl)C(=O)N1Nc1cc(Oc2ccc(C(F)(F)F)cc2Cl)ccc1[N+](=O)[O-]. The van der Waals surface area contributed by atoms with E-state index in [1.54, 1.807) is 0 Å². The summed E-state index contributed by atoms with van der Waals surface area (Å²) in [5.41, 5.74) is 0.336. The van der Waals surface area contributed by atoms with Crippen molar-refractivity contribution in [2.24, 2.45) is 0 Å². The number of ether oxygens (including phenoxy) is 1. The first-order valence-electron chi connectivity index (χ1n) is 7.94. The Balaban J connectivity index is 1.92. The summed E-state index contributed by atoms with van der Waals surface area (Å²) in [7, 11) is 0. The van der Waals surface area contributed by atoms with E-state index in [4.69, 9.17) is 39.5 Å². The molecule has 31 heavy (non-hydrogen) atoms. The molecule has 2 aromatic rings. The fourth-order valence-electron chi connectivity index (χ4n) is 2.41. The van der Waals surface area contributed by atoms with E-state index in [2.05, 4.69) is 5.43 Å². The van der Waals surface area contributed by atoms with Crippen LogP contribution in [0.3, 0.4) is 0 Å². The number of benzene rings is 2. The smallest absolute Gasteiger partial charge is 0.416 e. The molecule has 8 nitrogen and oxygen atoms in total. The number of imide groups is 1. The number of carbonyl (C=O) groups excluding carboxylic acids is 2. The van der Waals surface area contributed by atoms with Gasteiger partial charge in [0, 0.05) is 12.1 Å². The number of anilines is 1. The van der Waals surface area contributed by atoms with Crippen molar-refractivity contribution in [3.63, 3.8) is 0 Å². The number of hydrogen-bond acceptors (Lipinski definition) is 6. The summed E-state index contributed by atoms with van der Waals surface area (Å²) in [6.07, 6.45) is -4.61. The molecule has 0 atom stereocenters. The Kier molecular flexibility index (Phi) is 6.03. The van der Waals surface area contributed by atoms with Gasteiger partial charge in [-0.1, -0.05) is 34.8 Å². The Morgan fingerprint density at radius 2 is 1.61 bits per heavy atom. The molecule has 0 aliphatic carbocycles. The second-order valence-electron chi connectivity index (χ2n) is 5.87. The van der Waals surface area contributed by atoms with Gasteiger partial charge in [-0.15, -0.1) is 0 Å². The summed E-state index contributed by atoms with van der Waals surface area (Å²) in [5.74, 6) is -2.35. The van der Waals surface area contributed by atoms with Crippen molar-refractivity contribution in [1.29, 1.82) is 0 Å². The Morgan fingerprint density at radius 1 is 1.00 bits per heavy atom. The largest absolute Gasteiger partial charge is 0.456 e. The number of hydrazine groups is 1. The first-order valence-corrected chi connectivity index (χ1v) is 9.07. The van der Waals surface area contributed by atoms with Crippen molar-refractivity contribution in [3.8, 4) is 11.5 Å². The maximum Gasteiger partial charge on any atom is 0.416 e. The van der Waals surface area contributed by atoms with Crippen LogP contribution in [0.1, 0.15) is 5.56 Å². The van der Waals surface area contributed by atoms with Crippen LogP contribution in [0.2, 0.25) is 5.02 Å². The lowest BCUT2D eigenvalue weighted by molar-refractivity contribution is -0.384. The van der Waals surface area contributed by atoms with Crippen molar-refractivity contribution in [1.82, 2.24) is 5.01 Å². The lowest BCUT2D eigenvalue weighted by Gasteiger charge is -2.17. The molecule has 0 unspecified atom stereocenters. The molecule has 1 N–H and O–H groups in total. The molecule has 3 rings (SSSR count). The average Bonchev–Trinajstić information content (AvgIpc) is 2.86. The third kappa shape index (κ3) is 4.53. The molecule has 0 radical (unpaired) electrons. The number of nitro benzene ring substituents is 1. The van der Waals surface area contributed by atoms with Crippen molar-refractivity contribution in [3.05, 3.63) is 67.2 Å². The molecular formula is C17H7Cl3F3N3O5. The number of rotatable bonds is 5. The van der Waals surface area contributed by atoms with Crippen molar-refractivity contribution < 1.29 is 32.4 Å². The van der Waals surface area contributed by atoms with E-state index in [1.807, 2.05) is 0 Å². The number of nitrogens with one attached hydrogen (secondary N) is 1. The summed E-state index contributed by atoms with van der Waals surface area (Å²) in [5, 5.41) is 10.1. The molecule has 0 spiro atoms. The molecule has 1 aliphatic rings. The number of amides is 2. The van der Waals surface area contributed by atoms with Crippen LogP contribution in [-0.2, 0) is 15.8 Å². The number of nitrogens with zero attached hydrogens (tertiary/aromatic N) is 2. The molecule has 0 saturated carbocycles. The highest BCUT2D eigenvalue weighted by Crippen LogP contribution is 2.38. The van der Waals surface area contributed by atoms with E-state index in [0.29, 0.717) is 11.1 Å². The molecule has 0 fully saturated rings. The summed E-state index contributed by atoms with van der Waals surface area (Å²) < 4.78 is 43.7. The first-order chi connectivity index (χ1) is 14.4. The maximum atomic E-state index is 12.8. The highest BCUT2D eigenvalue weighted by atomic mass is 35.5. The molecule has 2 amide bonds. The van der Waals surface area contributed by atoms with Crippen LogP contribution in [0.25, 0.3) is 0 Å². The predicted octanol–water partition coefficient (Wildman–Crippen LogP) is 5.44. The number of halogens is 6. The van der Waals surface area contributed by atoms with Crippen LogP contribution in [0, 0.1) is 10.1 Å². The van der Waals surface area contributed by atoms with E-state index in [-0.39, 0.29) is 22.2 Å². The van der Waals surface area contributed by atoms with E-state index in [9.17, 15) is 32.9 Å². The van der Waals surface area contributed by atoms with Gasteiger partial charge in [0.15, 0.2) is 0 Å². The Morgan fingerprint density at radius 3 is 2.13 bits per heavy atom. The van der Waals surface area contributed by atoms with Gasteiger partial charge in [-0.2, -0.15) is 18.2 Å². The Hall–Kier alpha value is -3.02. The number of alkyl halides is 3. The lowest BCUT2D eigenvalue weighted by Crippen LogP contribution is -2.36. The first kappa shape index (κ1) is 22.7. The summed E-state index contributed by atoms with van der Waals surface area (Å²) in [6, 6.07) is 5.52. The molecule has 0 aromatic heterocycles. The Labute approximate surface area is 185 Å². The zero-order chi connectivity index (χ0) is 23.1. The fourth-order valence-corrected chi connectivity index (χ4v) is 2.96. The maximum absolute atomic E-state index is 12.8. The lowest BCUT2D eigenvalue weighted by atomic mass is 10.2. The quantitative estimate of drug-likeness (QED) is 0.336. The van der Waals surface area contributed by atoms with Gasteiger partial charge in [-0.3, -0.25) is 25.1 Å². The van der Waals surface area contributed by atoms with Crippen molar-refractivity contribution in [2.75, 3.05) is 5.43 Å². The second kappa shape index (κ2) is 8.25. The van der Waals surface area contributed by atoms with Crippen molar-refractivity contribution in [2.45, 2.75) is 6.18 Å². The highest BCUT2D eigenvalue weighted by Gasteiger charge is 2.38. The van der Waals surface area contributed by atoms with Crippen LogP contribution in [0.15, 0.2) is 46.5 Å². The standard InChI is InChI=1S/C17H7Cl3F3N3O5/c18-9-5-7(17(21,22)23)1-4-12(9)31-8-2-3-11(26(29)30)10(6-8)24-25-15(27)13(19)14(20)16(25)28/h1-6,24H. The van der Waals surface area contributed by atoms with E-state index < -0.39 is 44.2 Å². The second-order valence-corrected chi connectivity index (χ2v) is 7.03. The molecule has 0 bridgehead atoms. The number of nitro groups is 1. The van der Waals surface area contributed by atoms with Crippen LogP contribution >= 0.6 is 34.8 Å². The molecule has 1 aliphatic heterocycles. The minimum Gasteiger partial charge on any atom is -0.456 e. The number of carbonyl (C=O) groups is 2. The van der Waals surface area contributed by atoms with Gasteiger partial charge in [0.1, 0.15) is 27.3 Å². The van der Waals surface area contributed by atoms with E-state index in [1.165, 1.54) is 0 Å². The van der Waals surface area contributed by atoms with E-state index >= 15 is 0 Å². The molecule has 1 heterocycles. The van der Waals surface area contributed by atoms with Gasteiger partial charge in [-0.05, 0) is 24.3 Å². The predicted molar refractivity (Wildman–Crippen MR) is 104 cm³/mol. The molecule has 2 aromatic carbocycles. The van der Waals surface area contributed by atoms with Crippen LogP contribution in [0.5, 0.6) is 11.5 Å². The van der Waals surface area contributed by atoms with Gasteiger partial charge in [-0.25, -0.2) is 0 Å². The van der Waals surface area contributed by atoms with Gasteiger partial charge < -0.3 is 4.74 Å². The topological polar surface area (TPSA) is 102 Å². The molecule has 162 valence electrons. The monoisotopic (exact) mass is 495 g/mol. The van der Waals surface area contributed by atoms with Crippen LogP contribution in [-0.4, -0.2) is 21.7 Å². The molecule has 0 saturated heterocycles. The summed E-state index contributed by atoms with van der Waals surface area (Å²) in [6.45, 7) is 0. The van der Waals surface area contributed by atoms with Gasteiger partial charge in [0.25, 0.3) is 17.5 Å². The van der Waals surface area contributed by atoms with Gasteiger partial charge in [0.2, 0.25) is 0 Å². The minimum absolute atomic E-state index is 0.0981. The summed E-state index contributed by atoms with van der Waals surface area (Å²) >= 11 is 17.1. The average molecular weight is 497 g/mol. The third-order valence-electron chi connectivity index (χ3n) is 3.86. The van der Waals surface area contributed by atoms with Crippen LogP contribution < -0.4 is 10.2 Å². The van der Waals surface area contributed by atoms with Gasteiger partial charge >= 0.3 is 6.18 Å². The molecule has 14 heteroatoms. The summed E-state index contributed by atoms with van der Waals surface area (Å²) in [4.78, 5) is 34.5. The normalized spacial score (nSPS) is 14.3. The fraction of sp³-hybridized carbons (Fsp3) is 0.0588. The third-order valence-corrected chi connectivity index (χ3v) is 4.95. The van der Waals surface area contributed by atoms with E-state index in [0.717, 1.165) is 30.3 Å². The Bertz CT molecular complexity index is 1130. The van der Waals surface area contributed by atoms with Gasteiger partial charge in [0.05, 0.1) is 15.5 Å². The zero-order valence-corrected chi connectivity index (χ0v) is 16.9. The zero-order valence-electron chi connectivity index (χ0n) is 14.7.